The van der Waals surface area contributed by atoms with Crippen LogP contribution in [-0.2, 0) is 11.8 Å². The Bertz CT molecular complexity index is 847. The van der Waals surface area contributed by atoms with E-state index in [9.17, 15) is 5.11 Å². The van der Waals surface area contributed by atoms with Crippen molar-refractivity contribution in [1.29, 1.82) is 0 Å². The average molecular weight is 384 g/mol. The molecule has 0 saturated carbocycles. The number of rotatable bonds is 1. The summed E-state index contributed by atoms with van der Waals surface area (Å²) in [5.74, 6) is 2.07. The lowest BCUT2D eigenvalue weighted by atomic mass is 9.53. The third kappa shape index (κ3) is 2.37. The van der Waals surface area contributed by atoms with E-state index < -0.39 is 6.10 Å². The summed E-state index contributed by atoms with van der Waals surface area (Å²) in [5, 5.41) is 10.9. The fraction of sp³-hybridized carbons (Fsp3) is 0.667. The number of hydrogen-bond acceptors (Lipinski definition) is 4. The third-order valence-electron chi connectivity index (χ3n) is 7.13. The molecule has 1 aromatic carbocycles. The van der Waals surface area contributed by atoms with Crippen molar-refractivity contribution in [2.24, 2.45) is 5.92 Å². The van der Waals surface area contributed by atoms with Gasteiger partial charge in [0.05, 0.1) is 0 Å². The Kier molecular flexibility index (Phi) is 3.66. The van der Waals surface area contributed by atoms with E-state index in [0.717, 1.165) is 30.9 Å². The summed E-state index contributed by atoms with van der Waals surface area (Å²) < 4.78 is 12.8. The molecule has 2 bridgehead atoms. The highest BCUT2D eigenvalue weighted by Gasteiger charge is 2.65. The Labute approximate surface area is 168 Å². The van der Waals surface area contributed by atoms with Crippen LogP contribution in [0, 0.1) is 5.92 Å². The van der Waals surface area contributed by atoms with Crippen LogP contribution >= 0.6 is 0 Å². The number of benzene rings is 1. The largest absolute Gasteiger partial charge is 0.484 e. The molecule has 28 heavy (non-hydrogen) atoms. The van der Waals surface area contributed by atoms with Crippen LogP contribution in [0.3, 0.4) is 0 Å². The number of aliphatic hydroxyl groups excluding tert-OH is 1. The molecule has 0 amide bonds. The van der Waals surface area contributed by atoms with Crippen molar-refractivity contribution in [1.82, 2.24) is 4.90 Å². The molecular weight excluding hydrogens is 350 g/mol. The van der Waals surface area contributed by atoms with Crippen molar-refractivity contribution in [3.8, 4) is 11.5 Å². The number of aliphatic hydroxyl groups is 1. The maximum atomic E-state index is 10.9. The Morgan fingerprint density at radius 3 is 2.57 bits per heavy atom. The predicted octanol–water partition coefficient (Wildman–Crippen LogP) is 3.84. The molecule has 4 nitrogen and oxygen atoms in total. The topological polar surface area (TPSA) is 41.9 Å². The molecule has 1 aromatic rings. The molecule has 2 heterocycles. The lowest BCUT2D eigenvalue weighted by Crippen LogP contribution is -2.68. The van der Waals surface area contributed by atoms with E-state index in [-0.39, 0.29) is 22.7 Å². The van der Waals surface area contributed by atoms with Crippen molar-refractivity contribution in [2.45, 2.75) is 89.2 Å². The van der Waals surface area contributed by atoms with E-state index >= 15 is 0 Å². The third-order valence-corrected chi connectivity index (χ3v) is 7.13. The SMILES string of the molecule is CC(C)(C)Oc1ccc2c3c1O[C@H]1[C@@H](O)C=CC4C(C2)N(C(C)(C)C)CC[C@@]341. The van der Waals surface area contributed by atoms with E-state index in [1.807, 2.05) is 6.08 Å². The molecule has 1 fully saturated rings. The summed E-state index contributed by atoms with van der Waals surface area (Å²) in [6.07, 6.45) is 5.50. The molecule has 1 N–H and O–H groups in total. The van der Waals surface area contributed by atoms with Gasteiger partial charge in [-0.25, -0.2) is 0 Å². The second-order valence-corrected chi connectivity index (χ2v) is 11.0. The molecule has 5 rings (SSSR count). The Hall–Kier alpha value is -1.52. The molecule has 4 heteroatoms. The Balaban J connectivity index is 1.70. The van der Waals surface area contributed by atoms with Crippen LogP contribution in [0.1, 0.15) is 59.1 Å². The van der Waals surface area contributed by atoms with Gasteiger partial charge in [-0.15, -0.1) is 0 Å². The minimum Gasteiger partial charge on any atom is -0.484 e. The lowest BCUT2D eigenvalue weighted by molar-refractivity contribution is -0.0750. The van der Waals surface area contributed by atoms with Gasteiger partial charge >= 0.3 is 0 Å². The molecule has 2 aliphatic heterocycles. The monoisotopic (exact) mass is 383 g/mol. The van der Waals surface area contributed by atoms with E-state index in [1.54, 1.807) is 0 Å². The van der Waals surface area contributed by atoms with Crippen LogP contribution in [-0.4, -0.2) is 45.9 Å². The second kappa shape index (κ2) is 5.54. The van der Waals surface area contributed by atoms with E-state index in [4.69, 9.17) is 9.47 Å². The summed E-state index contributed by atoms with van der Waals surface area (Å²) in [6, 6.07) is 4.76. The van der Waals surface area contributed by atoms with Crippen LogP contribution in [0.5, 0.6) is 11.5 Å². The number of piperidine rings is 1. The van der Waals surface area contributed by atoms with Gasteiger partial charge in [0.25, 0.3) is 0 Å². The normalized spacial score (nSPS) is 36.1. The second-order valence-electron chi connectivity index (χ2n) is 11.0. The van der Waals surface area contributed by atoms with E-state index in [2.05, 4.69) is 64.7 Å². The summed E-state index contributed by atoms with van der Waals surface area (Å²) in [5.41, 5.74) is 2.39. The first-order valence-electron chi connectivity index (χ1n) is 10.7. The minimum atomic E-state index is -0.570. The zero-order valence-electron chi connectivity index (χ0n) is 18.0. The van der Waals surface area contributed by atoms with Crippen LogP contribution in [0.2, 0.25) is 0 Å². The Morgan fingerprint density at radius 2 is 1.89 bits per heavy atom. The van der Waals surface area contributed by atoms with Gasteiger partial charge < -0.3 is 14.6 Å². The Morgan fingerprint density at radius 1 is 1.14 bits per heavy atom. The van der Waals surface area contributed by atoms with Crippen molar-refractivity contribution in [3.05, 3.63) is 35.4 Å². The number of likely N-dealkylation sites (tertiary alicyclic amines) is 1. The summed E-state index contributed by atoms with van der Waals surface area (Å²) >= 11 is 0. The molecule has 1 saturated heterocycles. The molecule has 0 radical (unpaired) electrons. The van der Waals surface area contributed by atoms with Gasteiger partial charge in [0.1, 0.15) is 17.8 Å². The zero-order valence-corrected chi connectivity index (χ0v) is 18.0. The summed E-state index contributed by atoms with van der Waals surface area (Å²) in [6.45, 7) is 14.2. The van der Waals surface area contributed by atoms with Crippen molar-refractivity contribution >= 4 is 0 Å². The highest BCUT2D eigenvalue weighted by molar-refractivity contribution is 5.62. The first-order chi connectivity index (χ1) is 13.0. The number of ether oxygens (including phenoxy) is 2. The van der Waals surface area contributed by atoms with Crippen LogP contribution in [0.4, 0.5) is 0 Å². The first-order valence-corrected chi connectivity index (χ1v) is 10.7. The first kappa shape index (κ1) is 18.5. The number of hydrogen-bond donors (Lipinski definition) is 1. The van der Waals surface area contributed by atoms with Crippen LogP contribution in [0.15, 0.2) is 24.3 Å². The molecule has 152 valence electrons. The van der Waals surface area contributed by atoms with Gasteiger partial charge in [-0.05, 0) is 72.6 Å². The lowest BCUT2D eigenvalue weighted by Gasteiger charge is -2.59. The molecule has 2 aliphatic carbocycles. The van der Waals surface area contributed by atoms with Crippen LogP contribution < -0.4 is 9.47 Å². The molecule has 5 atom stereocenters. The fourth-order valence-corrected chi connectivity index (χ4v) is 6.29. The smallest absolute Gasteiger partial charge is 0.166 e. The van der Waals surface area contributed by atoms with Crippen molar-refractivity contribution in [2.75, 3.05) is 6.54 Å². The van der Waals surface area contributed by atoms with E-state index in [1.165, 1.54) is 11.1 Å². The maximum absolute atomic E-state index is 10.9. The molecule has 1 spiro atoms. The maximum Gasteiger partial charge on any atom is 0.166 e. The van der Waals surface area contributed by atoms with Gasteiger partial charge in [0.15, 0.2) is 11.5 Å². The van der Waals surface area contributed by atoms with E-state index in [0.29, 0.717) is 12.0 Å². The standard InChI is InChI=1S/C24H33NO3/c1-22(2,3)25-12-11-24-15-8-9-17(26)21(24)27-20-18(28-23(4,5)6)10-7-14(19(20)24)13-16(15)25/h7-10,15-17,21,26H,11-13H2,1-6H3/t15?,16?,17-,21-,24-/m0/s1. The summed E-state index contributed by atoms with van der Waals surface area (Å²) in [7, 11) is 0. The predicted molar refractivity (Wildman–Crippen MR) is 110 cm³/mol. The van der Waals surface area contributed by atoms with Gasteiger partial charge in [-0.1, -0.05) is 18.2 Å². The molecule has 0 aromatic heterocycles. The number of nitrogens with zero attached hydrogens (tertiary/aromatic N) is 1. The molecule has 2 unspecified atom stereocenters. The quantitative estimate of drug-likeness (QED) is 0.748. The summed E-state index contributed by atoms with van der Waals surface area (Å²) in [4.78, 5) is 2.67. The van der Waals surface area contributed by atoms with Gasteiger partial charge in [-0.2, -0.15) is 0 Å². The fourth-order valence-electron chi connectivity index (χ4n) is 6.29. The molecular formula is C24H33NO3. The molecule has 4 aliphatic rings. The van der Waals surface area contributed by atoms with Gasteiger partial charge in [-0.3, -0.25) is 4.90 Å². The minimum absolute atomic E-state index is 0.126. The van der Waals surface area contributed by atoms with Gasteiger partial charge in [0.2, 0.25) is 0 Å². The van der Waals surface area contributed by atoms with Crippen LogP contribution in [0.25, 0.3) is 0 Å². The van der Waals surface area contributed by atoms with Crippen molar-refractivity contribution in [3.63, 3.8) is 0 Å². The average Bonchev–Trinajstić information content (AvgIpc) is 2.90. The highest BCUT2D eigenvalue weighted by Crippen LogP contribution is 2.63. The zero-order chi connectivity index (χ0) is 20.1. The van der Waals surface area contributed by atoms with Gasteiger partial charge in [0, 0.05) is 28.5 Å². The highest BCUT2D eigenvalue weighted by atomic mass is 16.5. The van der Waals surface area contributed by atoms with Crippen molar-refractivity contribution < 1.29 is 14.6 Å².